The molecule has 1 unspecified atom stereocenters. The van der Waals surface area contributed by atoms with Gasteiger partial charge in [0.25, 0.3) is 0 Å². The van der Waals surface area contributed by atoms with E-state index in [4.69, 9.17) is 0 Å². The molecule has 0 aliphatic heterocycles. The van der Waals surface area contributed by atoms with E-state index in [0.717, 1.165) is 0 Å². The summed E-state index contributed by atoms with van der Waals surface area (Å²) >= 11 is 3.56. The van der Waals surface area contributed by atoms with E-state index in [2.05, 4.69) is 16.8 Å². The normalized spacial score (nSPS) is 14.9. The van der Waals surface area contributed by atoms with E-state index < -0.39 is 7.23 Å². The molecule has 0 N–H and O–H groups in total. The lowest BCUT2D eigenvalue weighted by Gasteiger charge is -1.99. The highest BCUT2D eigenvalue weighted by molar-refractivity contribution is 8.39. The van der Waals surface area contributed by atoms with Gasteiger partial charge < -0.3 is 4.52 Å². The largest absolute Gasteiger partial charge is 0.321 e. The molecule has 0 saturated carbocycles. The molecule has 0 radical (unpaired) electrons. The van der Waals surface area contributed by atoms with Crippen LogP contribution in [0.4, 0.5) is 0 Å². The van der Waals surface area contributed by atoms with Crippen LogP contribution in [-0.4, -0.2) is 6.10 Å². The second-order valence-electron chi connectivity index (χ2n) is 1.43. The molecule has 0 aromatic rings. The van der Waals surface area contributed by atoms with Gasteiger partial charge in [-0.2, -0.15) is 0 Å². The summed E-state index contributed by atoms with van der Waals surface area (Å²) in [5.41, 5.74) is 0. The lowest BCUT2D eigenvalue weighted by Crippen LogP contribution is -1.91. The van der Waals surface area contributed by atoms with E-state index in [1.165, 1.54) is 0 Å². The van der Waals surface area contributed by atoms with Crippen molar-refractivity contribution in [1.29, 1.82) is 0 Å². The topological polar surface area (TPSA) is 26.3 Å². The van der Waals surface area contributed by atoms with Gasteiger partial charge in [0, 0.05) is 0 Å². The van der Waals surface area contributed by atoms with E-state index in [9.17, 15) is 4.57 Å². The summed E-state index contributed by atoms with van der Waals surface area (Å²) < 4.78 is 14.7. The zero-order chi connectivity index (χ0) is 5.86. The molecular formula is C3H9O2PS. The molecule has 0 bridgehead atoms. The van der Waals surface area contributed by atoms with Gasteiger partial charge in [0.05, 0.1) is 6.10 Å². The molecule has 0 aromatic heterocycles. The number of hydrogen-bond donors (Lipinski definition) is 1. The summed E-state index contributed by atoms with van der Waals surface area (Å²) in [5.74, 6) is 0. The van der Waals surface area contributed by atoms with Gasteiger partial charge in [0.15, 0.2) is 0 Å². The summed E-state index contributed by atoms with van der Waals surface area (Å²) in [6.45, 7) is 3.64. The first-order valence-corrected chi connectivity index (χ1v) is 4.63. The SMILES string of the molecule is CC(C)O[PH](=O)S. The van der Waals surface area contributed by atoms with Crippen LogP contribution in [0.25, 0.3) is 0 Å². The Labute approximate surface area is 49.3 Å². The number of hydrogen-bond acceptors (Lipinski definition) is 2. The molecule has 2 nitrogen and oxygen atoms in total. The Balaban J connectivity index is 3.13. The van der Waals surface area contributed by atoms with E-state index in [-0.39, 0.29) is 6.10 Å². The predicted octanol–water partition coefficient (Wildman–Crippen LogP) is 1.73. The summed E-state index contributed by atoms with van der Waals surface area (Å²) in [6, 6.07) is 0. The molecule has 0 saturated heterocycles. The van der Waals surface area contributed by atoms with E-state index in [1.54, 1.807) is 0 Å². The molecule has 0 fully saturated rings. The monoisotopic (exact) mass is 140 g/mol. The summed E-state index contributed by atoms with van der Waals surface area (Å²) in [7, 11) is -1.99. The number of rotatable bonds is 2. The lowest BCUT2D eigenvalue weighted by atomic mass is 10.5. The Bertz CT molecular complexity index is 73.3. The quantitative estimate of drug-likeness (QED) is 0.467. The average Bonchev–Trinajstić information content (AvgIpc) is 1.27. The molecule has 0 heterocycles. The van der Waals surface area contributed by atoms with Crippen molar-refractivity contribution in [3.8, 4) is 0 Å². The van der Waals surface area contributed by atoms with E-state index >= 15 is 0 Å². The van der Waals surface area contributed by atoms with Gasteiger partial charge in [0.1, 0.15) is 0 Å². The second kappa shape index (κ2) is 3.53. The molecule has 7 heavy (non-hydrogen) atoms. The van der Waals surface area contributed by atoms with Crippen molar-refractivity contribution < 1.29 is 9.09 Å². The predicted molar refractivity (Wildman–Crippen MR) is 34.2 cm³/mol. The van der Waals surface area contributed by atoms with Crippen LogP contribution in [0.1, 0.15) is 13.8 Å². The third-order valence-corrected chi connectivity index (χ3v) is 1.33. The molecule has 44 valence electrons. The van der Waals surface area contributed by atoms with Crippen LogP contribution < -0.4 is 0 Å². The zero-order valence-corrected chi connectivity index (χ0v) is 6.24. The molecule has 0 rings (SSSR count). The summed E-state index contributed by atoms with van der Waals surface area (Å²) in [4.78, 5) is 0. The highest BCUT2D eigenvalue weighted by atomic mass is 32.7. The Morgan fingerprint density at radius 2 is 2.14 bits per heavy atom. The van der Waals surface area contributed by atoms with Gasteiger partial charge >= 0.3 is 0 Å². The van der Waals surface area contributed by atoms with Crippen molar-refractivity contribution in [1.82, 2.24) is 0 Å². The van der Waals surface area contributed by atoms with Gasteiger partial charge in [-0.05, 0) is 13.8 Å². The number of thiol groups is 1. The van der Waals surface area contributed by atoms with Gasteiger partial charge in [-0.25, -0.2) is 0 Å². The fourth-order valence-electron chi connectivity index (χ4n) is 0.202. The van der Waals surface area contributed by atoms with Crippen molar-refractivity contribution in [2.24, 2.45) is 0 Å². The molecule has 1 atom stereocenters. The minimum absolute atomic E-state index is 0.0314. The Hall–Kier alpha value is 0.540. The van der Waals surface area contributed by atoms with Gasteiger partial charge in [-0.15, -0.1) is 0 Å². The molecule has 0 aliphatic rings. The Kier molecular flexibility index (Phi) is 3.80. The van der Waals surface area contributed by atoms with Gasteiger partial charge in [-0.1, -0.05) is 12.2 Å². The van der Waals surface area contributed by atoms with Crippen LogP contribution in [0.5, 0.6) is 0 Å². The van der Waals surface area contributed by atoms with Crippen molar-refractivity contribution in [2.75, 3.05) is 0 Å². The van der Waals surface area contributed by atoms with Crippen molar-refractivity contribution in [3.05, 3.63) is 0 Å². The fraction of sp³-hybridized carbons (Fsp3) is 1.00. The molecule has 0 spiro atoms. The average molecular weight is 140 g/mol. The summed E-state index contributed by atoms with van der Waals surface area (Å²) in [5, 5.41) is 0. The smallest absolute Gasteiger partial charge is 0.243 e. The van der Waals surface area contributed by atoms with Crippen molar-refractivity contribution in [3.63, 3.8) is 0 Å². The maximum atomic E-state index is 10.1. The van der Waals surface area contributed by atoms with Crippen LogP contribution in [0.2, 0.25) is 0 Å². The van der Waals surface area contributed by atoms with Crippen LogP contribution in [0.15, 0.2) is 0 Å². The van der Waals surface area contributed by atoms with Crippen molar-refractivity contribution >= 4 is 19.5 Å². The van der Waals surface area contributed by atoms with Crippen molar-refractivity contribution in [2.45, 2.75) is 20.0 Å². The third-order valence-electron chi connectivity index (χ3n) is 0.337. The van der Waals surface area contributed by atoms with Gasteiger partial charge in [-0.3, -0.25) is 4.57 Å². The Morgan fingerprint density at radius 1 is 1.71 bits per heavy atom. The zero-order valence-electron chi connectivity index (χ0n) is 4.34. The summed E-state index contributed by atoms with van der Waals surface area (Å²) in [6.07, 6.45) is 0.0314. The van der Waals surface area contributed by atoms with Crippen LogP contribution in [0, 0.1) is 0 Å². The lowest BCUT2D eigenvalue weighted by molar-refractivity contribution is 0.264. The molecule has 0 aliphatic carbocycles. The molecule has 0 aromatic carbocycles. The Morgan fingerprint density at radius 3 is 2.14 bits per heavy atom. The van der Waals surface area contributed by atoms with Crippen LogP contribution in [-0.2, 0) is 9.09 Å². The molecule has 0 amide bonds. The third kappa shape index (κ3) is 6.54. The van der Waals surface area contributed by atoms with Gasteiger partial charge in [0.2, 0.25) is 7.23 Å². The first-order valence-electron chi connectivity index (χ1n) is 2.02. The van der Waals surface area contributed by atoms with E-state index in [1.807, 2.05) is 13.8 Å². The molecule has 4 heteroatoms. The molecular weight excluding hydrogens is 131 g/mol. The minimum atomic E-state index is -1.99. The van der Waals surface area contributed by atoms with Crippen LogP contribution in [0.3, 0.4) is 0 Å². The highest BCUT2D eigenvalue weighted by Gasteiger charge is 1.92. The first-order chi connectivity index (χ1) is 3.13. The van der Waals surface area contributed by atoms with Crippen LogP contribution >= 0.6 is 19.5 Å². The first kappa shape index (κ1) is 7.54. The second-order valence-corrected chi connectivity index (χ2v) is 3.30. The maximum Gasteiger partial charge on any atom is 0.243 e. The highest BCUT2D eigenvalue weighted by Crippen LogP contribution is 2.28. The van der Waals surface area contributed by atoms with E-state index in [0.29, 0.717) is 0 Å². The fourth-order valence-corrected chi connectivity index (χ4v) is 1.24. The maximum absolute atomic E-state index is 10.1. The standard InChI is InChI=1S/C3H9O2PS/c1-3(2)5-6(4)7/h3,6H,1-2H3,(H,4,7). The minimum Gasteiger partial charge on any atom is -0.321 e.